The number of carbonyl (C=O) groups excluding carboxylic acids is 1. The molecule has 5 heteroatoms. The summed E-state index contributed by atoms with van der Waals surface area (Å²) in [5.74, 6) is 6.44. The molecule has 0 aliphatic heterocycles. The Morgan fingerprint density at radius 2 is 2.39 bits per heavy atom. The first-order chi connectivity index (χ1) is 8.77. The maximum Gasteiger partial charge on any atom is 0.252 e. The van der Waals surface area contributed by atoms with Crippen molar-refractivity contribution in [2.45, 2.75) is 12.8 Å². The molecule has 98 valence electrons. The van der Waals surface area contributed by atoms with Crippen LogP contribution in [0.2, 0.25) is 0 Å². The molecular weight excluding hydrogens is 266 g/mol. The van der Waals surface area contributed by atoms with Crippen molar-refractivity contribution in [1.82, 2.24) is 5.32 Å². The summed E-state index contributed by atoms with van der Waals surface area (Å²) >= 11 is 3.24. The molecule has 0 fully saturated rings. The Kier molecular flexibility index (Phi) is 7.58. The molecule has 3 nitrogen and oxygen atoms in total. The number of aliphatic hydroxyl groups excluding tert-OH is 1. The van der Waals surface area contributed by atoms with Gasteiger partial charge in [-0.15, -0.1) is 11.3 Å². The quantitative estimate of drug-likeness (QED) is 0.620. The lowest BCUT2D eigenvalue weighted by Gasteiger charge is -2.02. The third-order valence-corrected chi connectivity index (χ3v) is 3.76. The second-order valence-corrected chi connectivity index (χ2v) is 5.51. The molecule has 0 aromatic carbocycles. The van der Waals surface area contributed by atoms with Gasteiger partial charge in [0.1, 0.15) is 6.61 Å². The fourth-order valence-electron chi connectivity index (χ4n) is 1.32. The zero-order chi connectivity index (χ0) is 13.2. The van der Waals surface area contributed by atoms with Crippen LogP contribution in [0.5, 0.6) is 0 Å². The second-order valence-electron chi connectivity index (χ2n) is 3.62. The highest BCUT2D eigenvalue weighted by atomic mass is 32.2. The predicted molar refractivity (Wildman–Crippen MR) is 78.2 cm³/mol. The minimum absolute atomic E-state index is 0.0487. The maximum atomic E-state index is 11.8. The first-order valence-corrected chi connectivity index (χ1v) is 8.00. The van der Waals surface area contributed by atoms with E-state index >= 15 is 0 Å². The van der Waals surface area contributed by atoms with Crippen molar-refractivity contribution in [3.05, 3.63) is 21.9 Å². The first kappa shape index (κ1) is 15.1. The largest absolute Gasteiger partial charge is 0.384 e. The summed E-state index contributed by atoms with van der Waals surface area (Å²) in [5.41, 5.74) is 0.645. The van der Waals surface area contributed by atoms with Crippen molar-refractivity contribution in [2.24, 2.45) is 0 Å². The van der Waals surface area contributed by atoms with Crippen LogP contribution in [0.4, 0.5) is 0 Å². The van der Waals surface area contributed by atoms with E-state index in [2.05, 4.69) is 23.4 Å². The molecule has 0 saturated heterocycles. The van der Waals surface area contributed by atoms with Crippen LogP contribution in [0, 0.1) is 11.8 Å². The minimum Gasteiger partial charge on any atom is -0.384 e. The molecule has 0 aliphatic carbocycles. The van der Waals surface area contributed by atoms with Gasteiger partial charge in [0.15, 0.2) is 0 Å². The number of amides is 1. The monoisotopic (exact) mass is 283 g/mol. The molecule has 1 amide bonds. The zero-order valence-electron chi connectivity index (χ0n) is 10.4. The molecule has 1 aromatic heterocycles. The number of thioether (sulfide) groups is 1. The summed E-state index contributed by atoms with van der Waals surface area (Å²) in [5, 5.41) is 13.3. The topological polar surface area (TPSA) is 49.3 Å². The normalized spacial score (nSPS) is 9.67. The van der Waals surface area contributed by atoms with Crippen LogP contribution < -0.4 is 5.32 Å². The highest BCUT2D eigenvalue weighted by Crippen LogP contribution is 2.13. The number of thiophene rings is 1. The second kappa shape index (κ2) is 9.03. The minimum atomic E-state index is -0.158. The Hall–Kier alpha value is -0.960. The van der Waals surface area contributed by atoms with Crippen LogP contribution in [-0.2, 0) is 0 Å². The van der Waals surface area contributed by atoms with Crippen molar-refractivity contribution in [1.29, 1.82) is 0 Å². The first-order valence-electron chi connectivity index (χ1n) is 5.73. The number of unbranched alkanes of at least 4 members (excludes halogenated alkanes) is 1. The fourth-order valence-corrected chi connectivity index (χ4v) is 2.57. The van der Waals surface area contributed by atoms with Crippen LogP contribution in [0.3, 0.4) is 0 Å². The molecule has 18 heavy (non-hydrogen) atoms. The standard InChI is InChI=1S/C13H17NO2S2/c1-17-8-3-2-6-14-13(16)11-9-12(18-10-11)5-4-7-15/h9-10,15H,2-3,6-8H2,1H3,(H,14,16). The Labute approximate surface area is 116 Å². The Bertz CT molecular complexity index is 432. The molecule has 0 bridgehead atoms. The molecule has 2 N–H and O–H groups in total. The number of rotatable bonds is 6. The van der Waals surface area contributed by atoms with E-state index in [9.17, 15) is 4.79 Å². The number of aliphatic hydroxyl groups is 1. The average molecular weight is 283 g/mol. The van der Waals surface area contributed by atoms with E-state index in [4.69, 9.17) is 5.11 Å². The highest BCUT2D eigenvalue weighted by molar-refractivity contribution is 7.98. The molecule has 0 spiro atoms. The number of nitrogens with one attached hydrogen (secondary N) is 1. The van der Waals surface area contributed by atoms with Gasteiger partial charge in [0.2, 0.25) is 0 Å². The van der Waals surface area contributed by atoms with Gasteiger partial charge in [0.25, 0.3) is 5.91 Å². The van der Waals surface area contributed by atoms with Gasteiger partial charge < -0.3 is 10.4 Å². The van der Waals surface area contributed by atoms with Gasteiger partial charge in [0.05, 0.1) is 10.4 Å². The molecule has 0 aliphatic rings. The molecule has 0 unspecified atom stereocenters. The summed E-state index contributed by atoms with van der Waals surface area (Å²) in [7, 11) is 0. The van der Waals surface area contributed by atoms with E-state index in [1.807, 2.05) is 11.8 Å². The molecule has 0 saturated carbocycles. The van der Waals surface area contributed by atoms with Gasteiger partial charge in [-0.3, -0.25) is 4.79 Å². The molecule has 0 radical (unpaired) electrons. The summed E-state index contributed by atoms with van der Waals surface area (Å²) in [4.78, 5) is 12.6. The van der Waals surface area contributed by atoms with Crippen molar-refractivity contribution < 1.29 is 9.90 Å². The summed E-state index contributed by atoms with van der Waals surface area (Å²) in [6.45, 7) is 0.557. The molecule has 1 rings (SSSR count). The number of carbonyl (C=O) groups is 1. The van der Waals surface area contributed by atoms with Gasteiger partial charge in [-0.05, 0) is 30.9 Å². The smallest absolute Gasteiger partial charge is 0.252 e. The predicted octanol–water partition coefficient (Wildman–Crippen LogP) is 1.96. The Morgan fingerprint density at radius 1 is 1.56 bits per heavy atom. The van der Waals surface area contributed by atoms with Crippen molar-refractivity contribution in [3.8, 4) is 11.8 Å². The van der Waals surface area contributed by atoms with E-state index in [1.54, 1.807) is 11.4 Å². The maximum absolute atomic E-state index is 11.8. The van der Waals surface area contributed by atoms with Gasteiger partial charge in [-0.2, -0.15) is 11.8 Å². The van der Waals surface area contributed by atoms with Gasteiger partial charge >= 0.3 is 0 Å². The third-order valence-electron chi connectivity index (χ3n) is 2.21. The Morgan fingerprint density at radius 3 is 3.11 bits per heavy atom. The van der Waals surface area contributed by atoms with E-state index in [0.717, 1.165) is 23.5 Å². The molecule has 1 heterocycles. The summed E-state index contributed by atoms with van der Waals surface area (Å²) in [6, 6.07) is 1.75. The van der Waals surface area contributed by atoms with Crippen molar-refractivity contribution in [3.63, 3.8) is 0 Å². The lowest BCUT2D eigenvalue weighted by Crippen LogP contribution is -2.23. The van der Waals surface area contributed by atoms with E-state index in [-0.39, 0.29) is 12.5 Å². The van der Waals surface area contributed by atoms with E-state index in [1.165, 1.54) is 11.3 Å². The molecule has 0 atom stereocenters. The number of hydrogen-bond acceptors (Lipinski definition) is 4. The van der Waals surface area contributed by atoms with Crippen LogP contribution in [0.1, 0.15) is 28.1 Å². The lowest BCUT2D eigenvalue weighted by molar-refractivity contribution is 0.0953. The van der Waals surface area contributed by atoms with Crippen molar-refractivity contribution in [2.75, 3.05) is 25.2 Å². The molecular formula is C13H17NO2S2. The van der Waals surface area contributed by atoms with Crippen LogP contribution >= 0.6 is 23.1 Å². The Balaban J connectivity index is 2.35. The van der Waals surface area contributed by atoms with Crippen LogP contribution in [-0.4, -0.2) is 36.2 Å². The lowest BCUT2D eigenvalue weighted by atomic mass is 10.2. The third kappa shape index (κ3) is 5.58. The van der Waals surface area contributed by atoms with E-state index in [0.29, 0.717) is 12.1 Å². The van der Waals surface area contributed by atoms with E-state index < -0.39 is 0 Å². The van der Waals surface area contributed by atoms with Crippen molar-refractivity contribution >= 4 is 29.0 Å². The fraction of sp³-hybridized carbons (Fsp3) is 0.462. The van der Waals surface area contributed by atoms with Gasteiger partial charge in [-0.1, -0.05) is 11.8 Å². The van der Waals surface area contributed by atoms with Crippen LogP contribution in [0.15, 0.2) is 11.4 Å². The SMILES string of the molecule is CSCCCCNC(=O)c1csc(C#CCO)c1. The molecule has 1 aromatic rings. The average Bonchev–Trinajstić information content (AvgIpc) is 2.84. The zero-order valence-corrected chi connectivity index (χ0v) is 12.0. The van der Waals surface area contributed by atoms with Crippen LogP contribution in [0.25, 0.3) is 0 Å². The summed E-state index contributed by atoms with van der Waals surface area (Å²) < 4.78 is 0. The summed E-state index contributed by atoms with van der Waals surface area (Å²) in [6.07, 6.45) is 4.21. The van der Waals surface area contributed by atoms with Gasteiger partial charge in [-0.25, -0.2) is 0 Å². The van der Waals surface area contributed by atoms with Gasteiger partial charge in [0, 0.05) is 11.9 Å². The number of hydrogen-bond donors (Lipinski definition) is 2. The highest BCUT2D eigenvalue weighted by Gasteiger charge is 2.06.